The van der Waals surface area contributed by atoms with Crippen LogP contribution in [0.1, 0.15) is 53.9 Å². The Balaban J connectivity index is 1.89. The Labute approximate surface area is 135 Å². The fourth-order valence-corrected chi connectivity index (χ4v) is 6.07. The van der Waals surface area contributed by atoms with Gasteiger partial charge in [-0.25, -0.2) is 13.4 Å². The lowest BCUT2D eigenvalue weighted by Gasteiger charge is -2.38. The van der Waals surface area contributed by atoms with Crippen molar-refractivity contribution in [2.45, 2.75) is 57.5 Å². The van der Waals surface area contributed by atoms with E-state index in [0.717, 1.165) is 31.4 Å². The predicted octanol–water partition coefficient (Wildman–Crippen LogP) is 2.41. The highest BCUT2D eigenvalue weighted by Crippen LogP contribution is 2.30. The molecular weight excluding hydrogens is 320 g/mol. The second kappa shape index (κ2) is 6.28. The molecule has 7 heteroatoms. The summed E-state index contributed by atoms with van der Waals surface area (Å²) in [6.07, 6.45) is 6.00. The third-order valence-electron chi connectivity index (χ3n) is 4.74. The molecule has 2 fully saturated rings. The number of rotatable bonds is 3. The Kier molecular flexibility index (Phi) is 4.54. The average molecular weight is 342 g/mol. The molecule has 1 atom stereocenters. The molecule has 0 spiro atoms. The molecule has 1 amide bonds. The van der Waals surface area contributed by atoms with Crippen LogP contribution in [0.3, 0.4) is 0 Å². The molecule has 122 valence electrons. The number of carbonyl (C=O) groups is 1. The van der Waals surface area contributed by atoms with Crippen LogP contribution in [0.5, 0.6) is 0 Å². The van der Waals surface area contributed by atoms with Crippen molar-refractivity contribution in [2.24, 2.45) is 0 Å². The topological polar surface area (TPSA) is 67.3 Å². The lowest BCUT2D eigenvalue weighted by atomic mass is 9.92. The maximum atomic E-state index is 13.0. The number of amides is 1. The van der Waals surface area contributed by atoms with Gasteiger partial charge in [0.05, 0.1) is 22.7 Å². The zero-order valence-electron chi connectivity index (χ0n) is 12.8. The Morgan fingerprint density at radius 3 is 2.50 bits per heavy atom. The van der Waals surface area contributed by atoms with Gasteiger partial charge >= 0.3 is 0 Å². The van der Waals surface area contributed by atoms with Gasteiger partial charge in [-0.15, -0.1) is 11.3 Å². The zero-order valence-corrected chi connectivity index (χ0v) is 14.5. The van der Waals surface area contributed by atoms with Crippen molar-refractivity contribution < 1.29 is 13.2 Å². The van der Waals surface area contributed by atoms with Crippen molar-refractivity contribution in [2.75, 3.05) is 11.5 Å². The number of hydrogen-bond donors (Lipinski definition) is 0. The first-order valence-electron chi connectivity index (χ1n) is 7.91. The fraction of sp³-hybridized carbons (Fsp3) is 0.733. The minimum Gasteiger partial charge on any atom is -0.331 e. The van der Waals surface area contributed by atoms with E-state index in [0.29, 0.717) is 11.3 Å². The largest absolute Gasteiger partial charge is 0.331 e. The highest BCUT2D eigenvalue weighted by Gasteiger charge is 2.39. The summed E-state index contributed by atoms with van der Waals surface area (Å²) in [5.74, 6) is 0.303. The van der Waals surface area contributed by atoms with E-state index < -0.39 is 9.84 Å². The Hall–Kier alpha value is -0.950. The Morgan fingerprint density at radius 2 is 1.95 bits per heavy atom. The molecule has 1 aliphatic heterocycles. The number of hydrogen-bond acceptors (Lipinski definition) is 5. The summed E-state index contributed by atoms with van der Waals surface area (Å²) in [6.45, 7) is 1.84. The summed E-state index contributed by atoms with van der Waals surface area (Å²) in [5.41, 5.74) is 2.43. The van der Waals surface area contributed by atoms with Gasteiger partial charge in [-0.3, -0.25) is 4.79 Å². The molecule has 1 aromatic heterocycles. The van der Waals surface area contributed by atoms with E-state index in [9.17, 15) is 13.2 Å². The molecule has 22 heavy (non-hydrogen) atoms. The Bertz CT molecular complexity index is 647. The minimum absolute atomic E-state index is 0.0194. The first-order valence-corrected chi connectivity index (χ1v) is 10.6. The fourth-order valence-electron chi connectivity index (χ4n) is 3.61. The first kappa shape index (κ1) is 15.9. The molecular formula is C15H22N2O3S2. The van der Waals surface area contributed by atoms with E-state index in [4.69, 9.17) is 0 Å². The lowest BCUT2D eigenvalue weighted by molar-refractivity contribution is 0.0546. The monoisotopic (exact) mass is 342 g/mol. The smallest absolute Gasteiger partial charge is 0.266 e. The van der Waals surface area contributed by atoms with Crippen LogP contribution in [0.25, 0.3) is 0 Å². The molecule has 0 bridgehead atoms. The lowest BCUT2D eigenvalue weighted by Crippen LogP contribution is -2.48. The van der Waals surface area contributed by atoms with Crippen LogP contribution in [0.4, 0.5) is 0 Å². The molecule has 1 saturated heterocycles. The second-order valence-corrected chi connectivity index (χ2v) is 9.41. The normalized spacial score (nSPS) is 25.2. The Morgan fingerprint density at radius 1 is 1.23 bits per heavy atom. The van der Waals surface area contributed by atoms with Gasteiger partial charge in [0, 0.05) is 12.1 Å². The van der Waals surface area contributed by atoms with Gasteiger partial charge in [-0.2, -0.15) is 0 Å². The van der Waals surface area contributed by atoms with Gasteiger partial charge in [0.25, 0.3) is 5.91 Å². The van der Waals surface area contributed by atoms with Crippen molar-refractivity contribution in [1.82, 2.24) is 9.88 Å². The van der Waals surface area contributed by atoms with Crippen LogP contribution in [0.15, 0.2) is 5.51 Å². The van der Waals surface area contributed by atoms with Gasteiger partial charge in [0.1, 0.15) is 4.88 Å². The summed E-state index contributed by atoms with van der Waals surface area (Å²) >= 11 is 1.36. The third kappa shape index (κ3) is 3.20. The molecule has 3 rings (SSSR count). The number of aryl methyl sites for hydroxylation is 1. The molecule has 1 aliphatic carbocycles. The van der Waals surface area contributed by atoms with Crippen molar-refractivity contribution in [3.63, 3.8) is 0 Å². The molecule has 1 unspecified atom stereocenters. The SMILES string of the molecule is Cc1ncsc1C(=O)N(C1CCCCC1)C1CCS(=O)(=O)C1. The van der Waals surface area contributed by atoms with Crippen molar-refractivity contribution in [3.8, 4) is 0 Å². The van der Waals surface area contributed by atoms with Crippen molar-refractivity contribution >= 4 is 27.1 Å². The molecule has 2 aliphatic rings. The van der Waals surface area contributed by atoms with E-state index in [2.05, 4.69) is 4.98 Å². The summed E-state index contributed by atoms with van der Waals surface area (Å²) in [5, 5.41) is 0. The summed E-state index contributed by atoms with van der Waals surface area (Å²) in [4.78, 5) is 19.8. The predicted molar refractivity (Wildman–Crippen MR) is 87.0 cm³/mol. The second-order valence-electron chi connectivity index (χ2n) is 6.33. The molecule has 0 radical (unpaired) electrons. The molecule has 0 aromatic carbocycles. The van der Waals surface area contributed by atoms with E-state index in [1.54, 1.807) is 5.51 Å². The number of aromatic nitrogens is 1. The highest BCUT2D eigenvalue weighted by molar-refractivity contribution is 7.91. The minimum atomic E-state index is -3.00. The van der Waals surface area contributed by atoms with Crippen LogP contribution in [0, 0.1) is 6.92 Å². The quantitative estimate of drug-likeness (QED) is 0.846. The van der Waals surface area contributed by atoms with E-state index >= 15 is 0 Å². The van der Waals surface area contributed by atoms with Gasteiger partial charge in [0.2, 0.25) is 0 Å². The summed E-state index contributed by atoms with van der Waals surface area (Å²) in [7, 11) is -3.00. The third-order valence-corrected chi connectivity index (χ3v) is 7.41. The molecule has 0 N–H and O–H groups in total. The van der Waals surface area contributed by atoms with E-state index in [-0.39, 0.29) is 29.5 Å². The summed E-state index contributed by atoms with van der Waals surface area (Å²) < 4.78 is 23.7. The molecule has 1 saturated carbocycles. The first-order chi connectivity index (χ1) is 10.5. The average Bonchev–Trinajstić information content (AvgIpc) is 3.06. The van der Waals surface area contributed by atoms with E-state index in [1.165, 1.54) is 17.8 Å². The van der Waals surface area contributed by atoms with E-state index in [1.807, 2.05) is 11.8 Å². The van der Waals surface area contributed by atoms with Crippen LogP contribution < -0.4 is 0 Å². The van der Waals surface area contributed by atoms with Crippen molar-refractivity contribution in [1.29, 1.82) is 0 Å². The number of sulfone groups is 1. The molecule has 1 aromatic rings. The number of carbonyl (C=O) groups excluding carboxylic acids is 1. The number of nitrogens with zero attached hydrogens (tertiary/aromatic N) is 2. The van der Waals surface area contributed by atoms with Crippen molar-refractivity contribution in [3.05, 3.63) is 16.1 Å². The number of thiazole rings is 1. The maximum Gasteiger partial charge on any atom is 0.266 e. The highest BCUT2D eigenvalue weighted by atomic mass is 32.2. The van der Waals surface area contributed by atoms with Crippen LogP contribution in [-0.2, 0) is 9.84 Å². The zero-order chi connectivity index (χ0) is 15.7. The van der Waals surface area contributed by atoms with Crippen LogP contribution >= 0.6 is 11.3 Å². The van der Waals surface area contributed by atoms with Gasteiger partial charge < -0.3 is 4.90 Å². The van der Waals surface area contributed by atoms with Crippen LogP contribution in [-0.4, -0.2) is 47.8 Å². The molecule has 2 heterocycles. The van der Waals surface area contributed by atoms with Gasteiger partial charge in [-0.05, 0) is 26.2 Å². The standard InChI is InChI=1S/C15H22N2O3S2/c1-11-14(21-10-16-11)15(18)17(12-5-3-2-4-6-12)13-7-8-22(19,20)9-13/h10,12-13H,2-9H2,1H3. The maximum absolute atomic E-state index is 13.0. The van der Waals surface area contributed by atoms with Gasteiger partial charge in [-0.1, -0.05) is 19.3 Å². The van der Waals surface area contributed by atoms with Gasteiger partial charge in [0.15, 0.2) is 9.84 Å². The van der Waals surface area contributed by atoms with Crippen LogP contribution in [0.2, 0.25) is 0 Å². The summed E-state index contributed by atoms with van der Waals surface area (Å²) in [6, 6.07) is 0.0168. The molecule has 5 nitrogen and oxygen atoms in total.